The van der Waals surface area contributed by atoms with Crippen LogP contribution in [0, 0.1) is 6.92 Å². The van der Waals surface area contributed by atoms with E-state index in [9.17, 15) is 4.79 Å². The fourth-order valence-corrected chi connectivity index (χ4v) is 3.98. The van der Waals surface area contributed by atoms with Gasteiger partial charge in [0.05, 0.1) is 0 Å². The average Bonchev–Trinajstić information content (AvgIpc) is 3.12. The zero-order chi connectivity index (χ0) is 15.5. The van der Waals surface area contributed by atoms with Gasteiger partial charge in [0, 0.05) is 30.6 Å². The Morgan fingerprint density at radius 1 is 1.50 bits per heavy atom. The summed E-state index contributed by atoms with van der Waals surface area (Å²) < 4.78 is 0. The maximum Gasteiger partial charge on any atom is 0.321 e. The highest BCUT2D eigenvalue weighted by molar-refractivity contribution is 7.15. The van der Waals surface area contributed by atoms with E-state index >= 15 is 0 Å². The Kier molecular flexibility index (Phi) is 4.70. The van der Waals surface area contributed by atoms with Gasteiger partial charge in [0.15, 0.2) is 0 Å². The van der Waals surface area contributed by atoms with Crippen LogP contribution in [0.4, 0.5) is 9.93 Å². The molecular weight excluding hydrogens is 318 g/mol. The van der Waals surface area contributed by atoms with E-state index in [-0.39, 0.29) is 6.03 Å². The lowest BCUT2D eigenvalue weighted by Gasteiger charge is -2.32. The van der Waals surface area contributed by atoms with Crippen LogP contribution in [0.2, 0.25) is 0 Å². The highest BCUT2D eigenvalue weighted by Crippen LogP contribution is 2.24. The van der Waals surface area contributed by atoms with Gasteiger partial charge in [-0.25, -0.2) is 4.79 Å². The van der Waals surface area contributed by atoms with Crippen LogP contribution in [0.1, 0.15) is 22.4 Å². The third-order valence-electron chi connectivity index (χ3n) is 3.77. The van der Waals surface area contributed by atoms with Gasteiger partial charge in [0.25, 0.3) is 0 Å². The smallest absolute Gasteiger partial charge is 0.321 e. The zero-order valence-electron chi connectivity index (χ0n) is 12.6. The van der Waals surface area contributed by atoms with Crippen LogP contribution in [-0.2, 0) is 13.0 Å². The van der Waals surface area contributed by atoms with E-state index in [1.165, 1.54) is 21.8 Å². The molecule has 0 aromatic carbocycles. The summed E-state index contributed by atoms with van der Waals surface area (Å²) in [6.07, 6.45) is 1.10. The third kappa shape index (κ3) is 3.63. The van der Waals surface area contributed by atoms with Crippen molar-refractivity contribution >= 4 is 33.8 Å². The number of aryl methyl sites for hydroxylation is 1. The largest absolute Gasteiger partial charge is 0.336 e. The van der Waals surface area contributed by atoms with Crippen LogP contribution in [0.15, 0.2) is 11.4 Å². The number of thiophene rings is 1. The molecule has 8 heteroatoms. The zero-order valence-corrected chi connectivity index (χ0v) is 14.3. The van der Waals surface area contributed by atoms with Crippen molar-refractivity contribution in [1.29, 1.82) is 0 Å². The summed E-state index contributed by atoms with van der Waals surface area (Å²) in [4.78, 5) is 15.8. The first-order valence-electron chi connectivity index (χ1n) is 7.26. The highest BCUT2D eigenvalue weighted by Gasteiger charge is 2.21. The van der Waals surface area contributed by atoms with Crippen molar-refractivity contribution in [3.05, 3.63) is 26.9 Å². The SMILES string of the molecule is Cc1nnc(NC(=O)NCC(C)N2CCc3sccc3C2)s1. The Labute approximate surface area is 137 Å². The number of rotatable bonds is 4. The number of aromatic nitrogens is 2. The number of fused-ring (bicyclic) bond motifs is 1. The predicted octanol–water partition coefficient (Wildman–Crippen LogP) is 2.48. The first-order valence-corrected chi connectivity index (χ1v) is 8.95. The number of hydrogen-bond acceptors (Lipinski definition) is 6. The molecule has 0 bridgehead atoms. The van der Waals surface area contributed by atoms with Crippen molar-refractivity contribution in [2.24, 2.45) is 0 Å². The molecule has 3 rings (SSSR count). The van der Waals surface area contributed by atoms with Crippen molar-refractivity contribution in [2.45, 2.75) is 32.9 Å². The summed E-state index contributed by atoms with van der Waals surface area (Å²) in [5.74, 6) is 0. The van der Waals surface area contributed by atoms with E-state index in [1.54, 1.807) is 0 Å². The molecular formula is C14H19N5OS2. The lowest BCUT2D eigenvalue weighted by molar-refractivity contribution is 0.188. The van der Waals surface area contributed by atoms with E-state index in [4.69, 9.17) is 0 Å². The van der Waals surface area contributed by atoms with Crippen molar-refractivity contribution in [2.75, 3.05) is 18.4 Å². The Bertz CT molecular complexity index is 653. The van der Waals surface area contributed by atoms with Crippen LogP contribution in [0.5, 0.6) is 0 Å². The number of anilines is 1. The first kappa shape index (κ1) is 15.4. The van der Waals surface area contributed by atoms with Crippen LogP contribution in [0.3, 0.4) is 0 Å². The van der Waals surface area contributed by atoms with E-state index in [0.29, 0.717) is 17.7 Å². The number of nitrogens with zero attached hydrogens (tertiary/aromatic N) is 3. The van der Waals surface area contributed by atoms with Gasteiger partial charge >= 0.3 is 6.03 Å². The summed E-state index contributed by atoms with van der Waals surface area (Å²) in [5.41, 5.74) is 1.43. The highest BCUT2D eigenvalue weighted by atomic mass is 32.1. The van der Waals surface area contributed by atoms with Crippen LogP contribution >= 0.6 is 22.7 Å². The molecule has 2 amide bonds. The van der Waals surface area contributed by atoms with E-state index in [2.05, 4.69) is 44.1 Å². The summed E-state index contributed by atoms with van der Waals surface area (Å²) in [7, 11) is 0. The van der Waals surface area contributed by atoms with Gasteiger partial charge in [0.1, 0.15) is 5.01 Å². The van der Waals surface area contributed by atoms with E-state index in [1.807, 2.05) is 18.3 Å². The second kappa shape index (κ2) is 6.72. The second-order valence-corrected chi connectivity index (χ2v) is 7.58. The van der Waals surface area contributed by atoms with Crippen LogP contribution in [0.25, 0.3) is 0 Å². The molecule has 6 nitrogen and oxygen atoms in total. The van der Waals surface area contributed by atoms with Crippen molar-refractivity contribution in [1.82, 2.24) is 20.4 Å². The second-order valence-electron chi connectivity index (χ2n) is 5.40. The maximum atomic E-state index is 11.9. The molecule has 0 spiro atoms. The molecule has 2 aromatic rings. The summed E-state index contributed by atoms with van der Waals surface area (Å²) in [5, 5.41) is 16.9. The third-order valence-corrected chi connectivity index (χ3v) is 5.54. The number of urea groups is 1. The van der Waals surface area contributed by atoms with Gasteiger partial charge < -0.3 is 5.32 Å². The molecule has 1 aliphatic rings. The quantitative estimate of drug-likeness (QED) is 0.899. The van der Waals surface area contributed by atoms with E-state index in [0.717, 1.165) is 24.5 Å². The molecule has 0 saturated heterocycles. The molecule has 0 saturated carbocycles. The molecule has 118 valence electrons. The van der Waals surface area contributed by atoms with Gasteiger partial charge in [-0.2, -0.15) is 0 Å². The molecule has 1 atom stereocenters. The minimum Gasteiger partial charge on any atom is -0.336 e. The lowest BCUT2D eigenvalue weighted by Crippen LogP contribution is -2.45. The van der Waals surface area contributed by atoms with E-state index < -0.39 is 0 Å². The van der Waals surface area contributed by atoms with Crippen molar-refractivity contribution in [3.63, 3.8) is 0 Å². The molecule has 0 aliphatic carbocycles. The molecule has 22 heavy (non-hydrogen) atoms. The first-order chi connectivity index (χ1) is 10.6. The number of amides is 2. The van der Waals surface area contributed by atoms with Crippen LogP contribution < -0.4 is 10.6 Å². The summed E-state index contributed by atoms with van der Waals surface area (Å²) in [6, 6.07) is 2.28. The summed E-state index contributed by atoms with van der Waals surface area (Å²) in [6.45, 7) is 6.64. The molecule has 0 fully saturated rings. The molecule has 2 aromatic heterocycles. The molecule has 3 heterocycles. The predicted molar refractivity (Wildman–Crippen MR) is 89.6 cm³/mol. The average molecular weight is 337 g/mol. The van der Waals surface area contributed by atoms with Gasteiger partial charge in [-0.05, 0) is 37.3 Å². The van der Waals surface area contributed by atoms with Crippen molar-refractivity contribution in [3.8, 4) is 0 Å². The standard InChI is InChI=1S/C14H19N5OS2/c1-9(19-5-3-12-11(8-19)4-6-21-12)7-15-13(20)16-14-18-17-10(2)22-14/h4,6,9H,3,5,7-8H2,1-2H3,(H2,15,16,18,20). The number of nitrogens with one attached hydrogen (secondary N) is 2. The Hall–Kier alpha value is -1.51. The molecule has 1 aliphatic heterocycles. The van der Waals surface area contributed by atoms with Crippen LogP contribution in [-0.4, -0.2) is 40.3 Å². The monoisotopic (exact) mass is 337 g/mol. The number of hydrogen-bond donors (Lipinski definition) is 2. The van der Waals surface area contributed by atoms with Gasteiger partial charge in [0.2, 0.25) is 5.13 Å². The fourth-order valence-electron chi connectivity index (χ4n) is 2.50. The van der Waals surface area contributed by atoms with Gasteiger partial charge in [-0.1, -0.05) is 11.3 Å². The molecule has 1 unspecified atom stereocenters. The Morgan fingerprint density at radius 2 is 2.36 bits per heavy atom. The summed E-state index contributed by atoms with van der Waals surface area (Å²) >= 11 is 3.21. The number of carbonyl (C=O) groups excluding carboxylic acids is 1. The fraction of sp³-hybridized carbons (Fsp3) is 0.500. The Balaban J connectivity index is 1.46. The minimum atomic E-state index is -0.226. The molecule has 2 N–H and O–H groups in total. The normalized spacial score (nSPS) is 16.1. The van der Waals surface area contributed by atoms with Gasteiger partial charge in [-0.3, -0.25) is 10.2 Å². The number of carbonyl (C=O) groups is 1. The maximum absolute atomic E-state index is 11.9. The Morgan fingerprint density at radius 3 is 3.14 bits per heavy atom. The van der Waals surface area contributed by atoms with Gasteiger partial charge in [-0.15, -0.1) is 21.5 Å². The molecule has 0 radical (unpaired) electrons. The topological polar surface area (TPSA) is 70.1 Å². The lowest BCUT2D eigenvalue weighted by atomic mass is 10.1. The van der Waals surface area contributed by atoms with Crippen molar-refractivity contribution < 1.29 is 4.79 Å². The minimum absolute atomic E-state index is 0.226.